The first-order chi connectivity index (χ1) is 14.8. The van der Waals surface area contributed by atoms with Crippen molar-refractivity contribution in [3.05, 3.63) is 41.9 Å². The summed E-state index contributed by atoms with van der Waals surface area (Å²) in [6.45, 7) is 8.39. The van der Waals surface area contributed by atoms with E-state index in [0.29, 0.717) is 43.5 Å². The Morgan fingerprint density at radius 2 is 1.55 bits per heavy atom. The van der Waals surface area contributed by atoms with Crippen LogP contribution in [0.25, 0.3) is 0 Å². The van der Waals surface area contributed by atoms with Gasteiger partial charge >= 0.3 is 6.72 Å². The van der Waals surface area contributed by atoms with Gasteiger partial charge in [0, 0.05) is 35.6 Å². The number of nitrogens with zero attached hydrogens (tertiary/aromatic N) is 2. The van der Waals surface area contributed by atoms with E-state index in [4.69, 9.17) is 25.4 Å². The summed E-state index contributed by atoms with van der Waals surface area (Å²) in [6, 6.07) is 7.93. The number of rotatable bonds is 11. The predicted molar refractivity (Wildman–Crippen MR) is 119 cm³/mol. The fourth-order valence-electron chi connectivity index (χ4n) is 2.12. The SMILES string of the molecule is CCOP(=S)(OCC)Oc1cc(C)nc(C(C)C)n1.O=COc1cccc(OC=O)c1. The molecule has 0 fully saturated rings. The highest BCUT2D eigenvalue weighted by Crippen LogP contribution is 2.49. The second-order valence-corrected chi connectivity index (χ2v) is 9.07. The van der Waals surface area contributed by atoms with E-state index < -0.39 is 6.72 Å². The van der Waals surface area contributed by atoms with Crippen molar-refractivity contribution < 1.29 is 32.6 Å². The molecule has 0 atom stereocenters. The van der Waals surface area contributed by atoms with Gasteiger partial charge in [0.05, 0.1) is 13.2 Å². The second kappa shape index (κ2) is 13.8. The monoisotopic (exact) mass is 470 g/mol. The minimum atomic E-state index is -2.77. The van der Waals surface area contributed by atoms with Crippen LogP contribution in [0.1, 0.15) is 45.1 Å². The molecule has 9 nitrogen and oxygen atoms in total. The molecule has 0 spiro atoms. The van der Waals surface area contributed by atoms with Crippen LogP contribution in [0, 0.1) is 6.92 Å². The largest absolute Gasteiger partial charge is 0.429 e. The van der Waals surface area contributed by atoms with Crippen molar-refractivity contribution in [3.63, 3.8) is 0 Å². The Kier molecular flexibility index (Phi) is 11.9. The molecule has 1 aromatic carbocycles. The van der Waals surface area contributed by atoms with E-state index in [0.717, 1.165) is 11.5 Å². The molecule has 0 aliphatic rings. The molecule has 0 bridgehead atoms. The summed E-state index contributed by atoms with van der Waals surface area (Å²) < 4.78 is 25.6. The normalized spacial score (nSPS) is 10.6. The van der Waals surface area contributed by atoms with Gasteiger partial charge in [0.1, 0.15) is 17.3 Å². The molecule has 0 saturated carbocycles. The number of hydrogen-bond acceptors (Lipinski definition) is 10. The van der Waals surface area contributed by atoms with Crippen LogP contribution in [0.3, 0.4) is 0 Å². The Hall–Kier alpha value is -2.39. The molecule has 170 valence electrons. The molecule has 0 unspecified atom stereocenters. The maximum Gasteiger partial charge on any atom is 0.381 e. The van der Waals surface area contributed by atoms with E-state index in [1.807, 2.05) is 34.6 Å². The van der Waals surface area contributed by atoms with E-state index >= 15 is 0 Å². The lowest BCUT2D eigenvalue weighted by Crippen LogP contribution is -2.06. The number of benzene rings is 1. The quantitative estimate of drug-likeness (QED) is 0.348. The Labute approximate surface area is 187 Å². The molecular weight excluding hydrogens is 443 g/mol. The number of aryl methyl sites for hydroxylation is 1. The molecular formula is C20H27N2O7PS. The van der Waals surface area contributed by atoms with Gasteiger partial charge in [0.15, 0.2) is 0 Å². The molecule has 0 N–H and O–H groups in total. The summed E-state index contributed by atoms with van der Waals surface area (Å²) in [4.78, 5) is 28.5. The Bertz CT molecular complexity index is 860. The van der Waals surface area contributed by atoms with Crippen molar-refractivity contribution in [3.8, 4) is 17.4 Å². The second-order valence-electron chi connectivity index (χ2n) is 6.14. The third kappa shape index (κ3) is 9.97. The number of hydrogen-bond donors (Lipinski definition) is 0. The molecule has 11 heteroatoms. The average molecular weight is 470 g/mol. The fraction of sp³-hybridized carbons (Fsp3) is 0.400. The van der Waals surface area contributed by atoms with E-state index in [1.54, 1.807) is 24.3 Å². The van der Waals surface area contributed by atoms with Gasteiger partial charge in [-0.25, -0.2) is 4.98 Å². The van der Waals surface area contributed by atoms with Crippen LogP contribution in [0.2, 0.25) is 0 Å². The van der Waals surface area contributed by atoms with Gasteiger partial charge in [0.25, 0.3) is 12.9 Å². The average Bonchev–Trinajstić information content (AvgIpc) is 2.69. The third-order valence-electron chi connectivity index (χ3n) is 3.32. The summed E-state index contributed by atoms with van der Waals surface area (Å²) in [5.41, 5.74) is 0.836. The van der Waals surface area contributed by atoms with Crippen molar-refractivity contribution in [2.24, 2.45) is 0 Å². The molecule has 1 heterocycles. The van der Waals surface area contributed by atoms with Crippen molar-refractivity contribution in [2.75, 3.05) is 13.2 Å². The molecule has 2 aromatic rings. The summed E-state index contributed by atoms with van der Waals surface area (Å²) >= 11 is 5.32. The number of carbonyl (C=O) groups excluding carboxylic acids is 2. The van der Waals surface area contributed by atoms with Crippen LogP contribution < -0.4 is 14.0 Å². The highest BCUT2D eigenvalue weighted by molar-refractivity contribution is 8.07. The Morgan fingerprint density at radius 1 is 1.00 bits per heavy atom. The van der Waals surface area contributed by atoms with Gasteiger partial charge in [-0.3, -0.25) is 18.6 Å². The summed E-state index contributed by atoms with van der Waals surface area (Å²) in [5.74, 6) is 2.04. The maximum atomic E-state index is 9.91. The zero-order valence-electron chi connectivity index (χ0n) is 18.1. The van der Waals surface area contributed by atoms with E-state index in [9.17, 15) is 9.59 Å². The van der Waals surface area contributed by atoms with Crippen molar-refractivity contribution in [1.82, 2.24) is 9.97 Å². The van der Waals surface area contributed by atoms with Crippen LogP contribution in [0.15, 0.2) is 30.3 Å². The molecule has 0 aliphatic heterocycles. The molecule has 0 aliphatic carbocycles. The summed E-state index contributed by atoms with van der Waals surface area (Å²) in [6.07, 6.45) is 0. The first-order valence-corrected chi connectivity index (χ1v) is 12.1. The summed E-state index contributed by atoms with van der Waals surface area (Å²) in [5, 5.41) is 0. The van der Waals surface area contributed by atoms with E-state index in [2.05, 4.69) is 19.4 Å². The predicted octanol–water partition coefficient (Wildman–Crippen LogP) is 4.34. The highest BCUT2D eigenvalue weighted by Gasteiger charge is 2.22. The van der Waals surface area contributed by atoms with Crippen molar-refractivity contribution in [1.29, 1.82) is 0 Å². The first-order valence-electron chi connectivity index (χ1n) is 9.51. The van der Waals surface area contributed by atoms with Crippen LogP contribution in [0.4, 0.5) is 0 Å². The molecule has 31 heavy (non-hydrogen) atoms. The van der Waals surface area contributed by atoms with Crippen LogP contribution in [-0.2, 0) is 30.4 Å². The Balaban J connectivity index is 0.000000343. The lowest BCUT2D eigenvalue weighted by molar-refractivity contribution is -0.121. The van der Waals surface area contributed by atoms with Crippen LogP contribution >= 0.6 is 6.72 Å². The highest BCUT2D eigenvalue weighted by atomic mass is 32.5. The molecule has 0 amide bonds. The zero-order valence-corrected chi connectivity index (χ0v) is 19.9. The van der Waals surface area contributed by atoms with Crippen molar-refractivity contribution in [2.45, 2.75) is 40.5 Å². The van der Waals surface area contributed by atoms with Gasteiger partial charge in [-0.15, -0.1) is 0 Å². The molecule has 1 aromatic heterocycles. The first kappa shape index (κ1) is 26.6. The molecule has 0 saturated heterocycles. The van der Waals surface area contributed by atoms with Gasteiger partial charge in [0.2, 0.25) is 5.88 Å². The van der Waals surface area contributed by atoms with Crippen molar-refractivity contribution >= 4 is 31.5 Å². The standard InChI is InChI=1S/C12H21N2O3PS.C8H6O4/c1-6-15-18(19,16-7-2)17-11-8-10(5)13-12(14-11)9(3)4;9-5-11-7-2-1-3-8(4-7)12-6-10/h8-9H,6-7H2,1-5H3;1-6H. The third-order valence-corrected chi connectivity index (χ3v) is 5.73. The van der Waals surface area contributed by atoms with Gasteiger partial charge < -0.3 is 14.0 Å². The van der Waals surface area contributed by atoms with Gasteiger partial charge in [-0.05, 0) is 32.9 Å². The number of ether oxygens (including phenoxy) is 2. The van der Waals surface area contributed by atoms with Crippen LogP contribution in [0.5, 0.6) is 17.4 Å². The smallest absolute Gasteiger partial charge is 0.381 e. The minimum Gasteiger partial charge on any atom is -0.429 e. The summed E-state index contributed by atoms with van der Waals surface area (Å²) in [7, 11) is 0. The topological polar surface area (TPSA) is 106 Å². The van der Waals surface area contributed by atoms with Gasteiger partial charge in [-0.1, -0.05) is 19.9 Å². The molecule has 0 radical (unpaired) electrons. The fourth-order valence-corrected chi connectivity index (χ4v) is 4.12. The van der Waals surface area contributed by atoms with E-state index in [1.165, 1.54) is 6.07 Å². The zero-order chi connectivity index (χ0) is 23.3. The lowest BCUT2D eigenvalue weighted by atomic mass is 10.2. The van der Waals surface area contributed by atoms with Crippen LogP contribution in [-0.4, -0.2) is 36.1 Å². The minimum absolute atomic E-state index is 0.222. The number of carbonyl (C=O) groups is 2. The molecule has 2 rings (SSSR count). The van der Waals surface area contributed by atoms with Gasteiger partial charge in [-0.2, -0.15) is 4.98 Å². The number of aromatic nitrogens is 2. The lowest BCUT2D eigenvalue weighted by Gasteiger charge is -2.20. The Morgan fingerprint density at radius 3 is 2.00 bits per heavy atom. The van der Waals surface area contributed by atoms with E-state index in [-0.39, 0.29) is 5.92 Å². The maximum absolute atomic E-state index is 9.91.